The minimum absolute atomic E-state index is 0.199. The molecule has 0 aliphatic rings. The fraction of sp³-hybridized carbons (Fsp3) is 0.545. The van der Waals surface area contributed by atoms with E-state index in [0.29, 0.717) is 5.56 Å². The third kappa shape index (κ3) is 3.05. The Morgan fingerprint density at radius 3 is 2.71 bits per heavy atom. The molecule has 0 saturated carbocycles. The van der Waals surface area contributed by atoms with Crippen LogP contribution in [0.4, 0.5) is 0 Å². The lowest BCUT2D eigenvalue weighted by Crippen LogP contribution is -2.34. The third-order valence-electron chi connectivity index (χ3n) is 2.44. The summed E-state index contributed by atoms with van der Waals surface area (Å²) in [5.74, 6) is -0.823. The lowest BCUT2D eigenvalue weighted by Gasteiger charge is -2.19. The van der Waals surface area contributed by atoms with Crippen molar-refractivity contribution < 1.29 is 18.8 Å². The molecule has 0 radical (unpaired) electrons. The Hall–Kier alpha value is -1.85. The van der Waals surface area contributed by atoms with Crippen LogP contribution in [0.5, 0.6) is 0 Å². The predicted octanol–water partition coefficient (Wildman–Crippen LogP) is 0.864. The molecule has 0 fully saturated rings. The van der Waals surface area contributed by atoms with Gasteiger partial charge in [0.1, 0.15) is 0 Å². The van der Waals surface area contributed by atoms with Crippen molar-refractivity contribution in [1.82, 2.24) is 10.1 Å². The number of carbonyl (C=O) groups excluding carboxylic acids is 2. The van der Waals surface area contributed by atoms with E-state index in [9.17, 15) is 9.59 Å². The Bertz CT molecular complexity index is 413. The molecule has 0 aliphatic heterocycles. The Kier molecular flexibility index (Phi) is 4.25. The van der Waals surface area contributed by atoms with E-state index in [1.54, 1.807) is 20.9 Å². The van der Waals surface area contributed by atoms with Crippen molar-refractivity contribution in [3.63, 3.8) is 0 Å². The molecule has 0 spiro atoms. The van der Waals surface area contributed by atoms with Crippen LogP contribution in [0.15, 0.2) is 10.7 Å². The first-order chi connectivity index (χ1) is 7.97. The molecule has 1 aromatic rings. The molecular weight excluding hydrogens is 224 g/mol. The zero-order valence-electron chi connectivity index (χ0n) is 10.4. The van der Waals surface area contributed by atoms with Crippen molar-refractivity contribution in [3.05, 3.63) is 17.5 Å². The third-order valence-corrected chi connectivity index (χ3v) is 2.44. The van der Waals surface area contributed by atoms with Crippen LogP contribution in [0.25, 0.3) is 0 Å². The van der Waals surface area contributed by atoms with Crippen LogP contribution in [0.3, 0.4) is 0 Å². The van der Waals surface area contributed by atoms with Crippen molar-refractivity contribution in [2.75, 3.05) is 20.7 Å². The van der Waals surface area contributed by atoms with Gasteiger partial charge in [0, 0.05) is 19.2 Å². The van der Waals surface area contributed by atoms with Gasteiger partial charge in [0.25, 0.3) is 5.91 Å². The Labute approximate surface area is 99.5 Å². The highest BCUT2D eigenvalue weighted by atomic mass is 16.5. The van der Waals surface area contributed by atoms with Crippen molar-refractivity contribution >= 4 is 11.9 Å². The second-order valence-electron chi connectivity index (χ2n) is 3.95. The van der Waals surface area contributed by atoms with Gasteiger partial charge < -0.3 is 14.2 Å². The maximum Gasteiger partial charge on any atom is 0.310 e. The molecule has 0 bridgehead atoms. The van der Waals surface area contributed by atoms with Gasteiger partial charge in [-0.05, 0) is 6.92 Å². The van der Waals surface area contributed by atoms with Gasteiger partial charge in [0.05, 0.1) is 19.2 Å². The van der Waals surface area contributed by atoms with Gasteiger partial charge in [-0.3, -0.25) is 9.59 Å². The normalized spacial score (nSPS) is 12.0. The molecule has 1 unspecified atom stereocenters. The molecule has 6 heteroatoms. The average Bonchev–Trinajstić information content (AvgIpc) is 2.73. The summed E-state index contributed by atoms with van der Waals surface area (Å²) in [5.41, 5.74) is 0.674. The Balaban J connectivity index is 2.65. The summed E-state index contributed by atoms with van der Waals surface area (Å²) in [4.78, 5) is 24.6. The minimum atomic E-state index is -0.378. The smallest absolute Gasteiger partial charge is 0.310 e. The fourth-order valence-corrected chi connectivity index (χ4v) is 1.44. The van der Waals surface area contributed by atoms with Crippen molar-refractivity contribution in [3.8, 4) is 0 Å². The van der Waals surface area contributed by atoms with Crippen LogP contribution in [-0.2, 0) is 9.53 Å². The van der Waals surface area contributed by atoms with Gasteiger partial charge >= 0.3 is 5.97 Å². The molecule has 94 valence electrons. The SMILES string of the molecule is COC(=O)C(C)CN(C)C(=O)c1oncc1C. The number of aromatic nitrogens is 1. The van der Waals surface area contributed by atoms with Crippen LogP contribution in [0, 0.1) is 12.8 Å². The Morgan fingerprint density at radius 2 is 2.24 bits per heavy atom. The Morgan fingerprint density at radius 1 is 1.59 bits per heavy atom. The molecule has 0 aromatic carbocycles. The van der Waals surface area contributed by atoms with E-state index in [0.717, 1.165) is 0 Å². The van der Waals surface area contributed by atoms with Gasteiger partial charge in [0.15, 0.2) is 0 Å². The van der Waals surface area contributed by atoms with Crippen molar-refractivity contribution in [2.45, 2.75) is 13.8 Å². The van der Waals surface area contributed by atoms with Crippen LogP contribution in [-0.4, -0.2) is 42.6 Å². The van der Waals surface area contributed by atoms with Gasteiger partial charge in [-0.15, -0.1) is 0 Å². The molecule has 1 atom stereocenters. The molecule has 1 amide bonds. The van der Waals surface area contributed by atoms with Gasteiger partial charge in [0.2, 0.25) is 5.76 Å². The average molecular weight is 240 g/mol. The second kappa shape index (κ2) is 5.47. The molecule has 1 aromatic heterocycles. The van der Waals surface area contributed by atoms with E-state index in [4.69, 9.17) is 4.52 Å². The molecule has 0 aliphatic carbocycles. The van der Waals surface area contributed by atoms with E-state index in [1.807, 2.05) is 0 Å². The number of ether oxygens (including phenoxy) is 1. The van der Waals surface area contributed by atoms with E-state index < -0.39 is 0 Å². The summed E-state index contributed by atoms with van der Waals surface area (Å²) in [6.07, 6.45) is 1.48. The first-order valence-corrected chi connectivity index (χ1v) is 5.22. The summed E-state index contributed by atoms with van der Waals surface area (Å²) in [5, 5.41) is 3.54. The number of aryl methyl sites for hydroxylation is 1. The monoisotopic (exact) mass is 240 g/mol. The summed E-state index contributed by atoms with van der Waals surface area (Å²) in [6.45, 7) is 3.70. The number of esters is 1. The predicted molar refractivity (Wildman–Crippen MR) is 59.4 cm³/mol. The van der Waals surface area contributed by atoms with E-state index in [2.05, 4.69) is 9.89 Å². The summed E-state index contributed by atoms with van der Waals surface area (Å²) >= 11 is 0. The standard InChI is InChI=1S/C11H16N2O4/c1-7-5-12-17-9(7)10(14)13(3)6-8(2)11(15)16-4/h5,8H,6H2,1-4H3. The maximum atomic E-state index is 11.9. The molecule has 6 nitrogen and oxygen atoms in total. The zero-order chi connectivity index (χ0) is 13.0. The topological polar surface area (TPSA) is 72.6 Å². The first-order valence-electron chi connectivity index (χ1n) is 5.22. The zero-order valence-corrected chi connectivity index (χ0v) is 10.4. The van der Waals surface area contributed by atoms with Crippen LogP contribution >= 0.6 is 0 Å². The number of methoxy groups -OCH3 is 1. The van der Waals surface area contributed by atoms with Gasteiger partial charge in [-0.2, -0.15) is 0 Å². The summed E-state index contributed by atoms with van der Waals surface area (Å²) < 4.78 is 9.45. The molecule has 0 N–H and O–H groups in total. The minimum Gasteiger partial charge on any atom is -0.469 e. The number of nitrogens with zero attached hydrogens (tertiary/aromatic N) is 2. The summed E-state index contributed by atoms with van der Waals surface area (Å²) in [7, 11) is 2.92. The first kappa shape index (κ1) is 13.2. The number of rotatable bonds is 4. The van der Waals surface area contributed by atoms with Gasteiger partial charge in [-0.1, -0.05) is 12.1 Å². The number of hydrogen-bond acceptors (Lipinski definition) is 5. The van der Waals surface area contributed by atoms with Crippen LogP contribution in [0.1, 0.15) is 23.0 Å². The lowest BCUT2D eigenvalue weighted by atomic mass is 10.1. The van der Waals surface area contributed by atoms with Crippen LogP contribution in [0.2, 0.25) is 0 Å². The molecular formula is C11H16N2O4. The van der Waals surface area contributed by atoms with E-state index in [1.165, 1.54) is 18.2 Å². The highest BCUT2D eigenvalue weighted by molar-refractivity contribution is 5.92. The number of hydrogen-bond donors (Lipinski definition) is 0. The fourth-order valence-electron chi connectivity index (χ4n) is 1.44. The number of carbonyl (C=O) groups is 2. The summed E-state index contributed by atoms with van der Waals surface area (Å²) in [6, 6.07) is 0. The maximum absolute atomic E-state index is 11.9. The largest absolute Gasteiger partial charge is 0.469 e. The highest BCUT2D eigenvalue weighted by Crippen LogP contribution is 2.10. The van der Waals surface area contributed by atoms with Crippen molar-refractivity contribution in [2.24, 2.45) is 5.92 Å². The van der Waals surface area contributed by atoms with Crippen molar-refractivity contribution in [1.29, 1.82) is 0 Å². The van der Waals surface area contributed by atoms with Gasteiger partial charge in [-0.25, -0.2) is 0 Å². The van der Waals surface area contributed by atoms with E-state index in [-0.39, 0.29) is 30.1 Å². The molecule has 1 rings (SSSR count). The quantitative estimate of drug-likeness (QED) is 0.730. The molecule has 1 heterocycles. The highest BCUT2D eigenvalue weighted by Gasteiger charge is 2.23. The lowest BCUT2D eigenvalue weighted by molar-refractivity contribution is -0.145. The molecule has 0 saturated heterocycles. The van der Waals surface area contributed by atoms with E-state index >= 15 is 0 Å². The second-order valence-corrected chi connectivity index (χ2v) is 3.95. The molecule has 17 heavy (non-hydrogen) atoms. The van der Waals surface area contributed by atoms with Crippen LogP contribution < -0.4 is 0 Å². The number of amides is 1.